The van der Waals surface area contributed by atoms with Gasteiger partial charge in [0.15, 0.2) is 0 Å². The van der Waals surface area contributed by atoms with Crippen molar-refractivity contribution >= 4 is 5.91 Å². The molecule has 3 heterocycles. The molecule has 0 aliphatic carbocycles. The predicted octanol–water partition coefficient (Wildman–Crippen LogP) is 0.237. The molecule has 0 saturated heterocycles. The fraction of sp³-hybridized carbons (Fsp3) is 0.154. The first-order chi connectivity index (χ1) is 9.18. The number of nitrogens with zero attached hydrogens (tertiary/aromatic N) is 3. The van der Waals surface area contributed by atoms with Crippen molar-refractivity contribution in [2.24, 2.45) is 5.73 Å². The Kier molecular flexibility index (Phi) is 2.63. The normalized spacial score (nSPS) is 13.3. The van der Waals surface area contributed by atoms with Crippen molar-refractivity contribution in [3.05, 3.63) is 52.7 Å². The number of amides is 1. The van der Waals surface area contributed by atoms with E-state index in [0.717, 1.165) is 0 Å². The molecule has 19 heavy (non-hydrogen) atoms. The summed E-state index contributed by atoms with van der Waals surface area (Å²) in [6.45, 7) is 0.484. The minimum atomic E-state index is -0.772. The van der Waals surface area contributed by atoms with Crippen LogP contribution in [-0.2, 0) is 6.54 Å². The maximum absolute atomic E-state index is 12.3. The van der Waals surface area contributed by atoms with Gasteiger partial charge in [-0.1, -0.05) is 0 Å². The number of carbonyl (C=O) groups is 1. The number of carbonyl (C=O) groups excluding carboxylic acids is 1. The smallest absolute Gasteiger partial charge is 0.267 e. The molecule has 6 heteroatoms. The fourth-order valence-electron chi connectivity index (χ4n) is 2.12. The van der Waals surface area contributed by atoms with Gasteiger partial charge < -0.3 is 5.73 Å². The van der Waals surface area contributed by atoms with Gasteiger partial charge in [-0.05, 0) is 18.6 Å². The Morgan fingerprint density at radius 2 is 2.11 bits per heavy atom. The molecule has 1 amide bonds. The summed E-state index contributed by atoms with van der Waals surface area (Å²) >= 11 is 0. The van der Waals surface area contributed by atoms with Gasteiger partial charge in [0.2, 0.25) is 0 Å². The van der Waals surface area contributed by atoms with Crippen LogP contribution in [0, 0.1) is 6.42 Å². The molecule has 6 nitrogen and oxygen atoms in total. The number of hydrogen-bond donors (Lipinski definition) is 1. The summed E-state index contributed by atoms with van der Waals surface area (Å²) < 4.78 is 1.42. The first-order valence-electron chi connectivity index (χ1n) is 5.77. The molecule has 2 radical (unpaired) electrons. The maximum atomic E-state index is 12.3. The molecule has 2 aromatic rings. The molecule has 0 saturated carbocycles. The van der Waals surface area contributed by atoms with Gasteiger partial charge in [0, 0.05) is 24.5 Å². The van der Waals surface area contributed by atoms with E-state index in [2.05, 4.69) is 16.4 Å². The monoisotopic (exact) mass is 254 g/mol. The van der Waals surface area contributed by atoms with Crippen molar-refractivity contribution in [1.82, 2.24) is 14.5 Å². The zero-order valence-electron chi connectivity index (χ0n) is 9.96. The van der Waals surface area contributed by atoms with E-state index in [-0.39, 0.29) is 5.56 Å². The molecule has 0 unspecified atom stereocenters. The van der Waals surface area contributed by atoms with Gasteiger partial charge in [-0.2, -0.15) is 0 Å². The van der Waals surface area contributed by atoms with Crippen LogP contribution in [0.15, 0.2) is 29.3 Å². The fourth-order valence-corrected chi connectivity index (χ4v) is 2.12. The van der Waals surface area contributed by atoms with E-state index in [1.54, 1.807) is 24.5 Å². The Bertz CT molecular complexity index is 707. The number of pyridine rings is 1. The van der Waals surface area contributed by atoms with Crippen LogP contribution < -0.4 is 11.3 Å². The van der Waals surface area contributed by atoms with Crippen molar-refractivity contribution in [2.75, 3.05) is 0 Å². The largest absolute Gasteiger partial charge is 0.365 e. The van der Waals surface area contributed by atoms with Gasteiger partial charge in [0.05, 0.1) is 12.1 Å². The van der Waals surface area contributed by atoms with Crippen LogP contribution in [0.3, 0.4) is 0 Å². The third-order valence-corrected chi connectivity index (χ3v) is 2.99. The highest BCUT2D eigenvalue weighted by molar-refractivity contribution is 5.98. The van der Waals surface area contributed by atoms with E-state index in [0.29, 0.717) is 30.0 Å². The van der Waals surface area contributed by atoms with Crippen molar-refractivity contribution in [3.8, 4) is 11.3 Å². The predicted molar refractivity (Wildman–Crippen MR) is 67.2 cm³/mol. The SMILES string of the molecule is NC(=O)c1c(-c2ccncc2)nc2n(c1=O)CC[C]2. The highest BCUT2D eigenvalue weighted by atomic mass is 16.2. The topological polar surface area (TPSA) is 90.9 Å². The van der Waals surface area contributed by atoms with Crippen LogP contribution >= 0.6 is 0 Å². The lowest BCUT2D eigenvalue weighted by Gasteiger charge is -2.09. The van der Waals surface area contributed by atoms with Gasteiger partial charge >= 0.3 is 0 Å². The lowest BCUT2D eigenvalue weighted by atomic mass is 10.1. The molecule has 0 atom stereocenters. The van der Waals surface area contributed by atoms with Gasteiger partial charge in [-0.15, -0.1) is 0 Å². The van der Waals surface area contributed by atoms with E-state index < -0.39 is 11.5 Å². The van der Waals surface area contributed by atoms with Gasteiger partial charge in [0.25, 0.3) is 11.5 Å². The van der Waals surface area contributed by atoms with Crippen LogP contribution in [0.2, 0.25) is 0 Å². The molecule has 0 bridgehead atoms. The van der Waals surface area contributed by atoms with Crippen LogP contribution in [0.5, 0.6) is 0 Å². The molecule has 0 spiro atoms. The zero-order valence-corrected chi connectivity index (χ0v) is 9.96. The van der Waals surface area contributed by atoms with Crippen LogP contribution in [0.1, 0.15) is 22.6 Å². The Hall–Kier alpha value is -2.50. The first-order valence-corrected chi connectivity index (χ1v) is 5.77. The second kappa shape index (κ2) is 4.31. The third kappa shape index (κ3) is 1.81. The Labute approximate surface area is 108 Å². The second-order valence-corrected chi connectivity index (χ2v) is 4.14. The van der Waals surface area contributed by atoms with Crippen molar-refractivity contribution in [2.45, 2.75) is 13.0 Å². The molecule has 94 valence electrons. The summed E-state index contributed by atoms with van der Waals surface area (Å²) in [7, 11) is 0. The van der Waals surface area contributed by atoms with Gasteiger partial charge in [0.1, 0.15) is 11.4 Å². The molecule has 0 fully saturated rings. The molecule has 2 N–H and O–H groups in total. The highest BCUT2D eigenvalue weighted by Crippen LogP contribution is 2.22. The molecular weight excluding hydrogens is 244 g/mol. The zero-order chi connectivity index (χ0) is 13.4. The Morgan fingerprint density at radius 3 is 2.79 bits per heavy atom. The highest BCUT2D eigenvalue weighted by Gasteiger charge is 2.24. The molecule has 0 aromatic carbocycles. The molecule has 2 aromatic heterocycles. The van der Waals surface area contributed by atoms with Gasteiger partial charge in [-0.25, -0.2) is 4.98 Å². The van der Waals surface area contributed by atoms with E-state index in [4.69, 9.17) is 5.73 Å². The first kappa shape index (κ1) is 11.6. The van der Waals surface area contributed by atoms with Crippen molar-refractivity contribution < 1.29 is 4.79 Å². The van der Waals surface area contributed by atoms with E-state index in [1.165, 1.54) is 4.57 Å². The van der Waals surface area contributed by atoms with Crippen LogP contribution in [0.25, 0.3) is 11.3 Å². The number of fused-ring (bicyclic) bond motifs is 1. The third-order valence-electron chi connectivity index (χ3n) is 2.99. The van der Waals surface area contributed by atoms with Crippen molar-refractivity contribution in [1.29, 1.82) is 0 Å². The summed E-state index contributed by atoms with van der Waals surface area (Å²) in [4.78, 5) is 32.0. The molecule has 1 aliphatic heterocycles. The molecule has 3 rings (SSSR count). The van der Waals surface area contributed by atoms with E-state index in [9.17, 15) is 9.59 Å². The summed E-state index contributed by atoms with van der Waals surface area (Å²) in [5, 5.41) is 0. The number of primary amides is 1. The van der Waals surface area contributed by atoms with E-state index in [1.807, 2.05) is 0 Å². The minimum absolute atomic E-state index is 0.0846. The standard InChI is InChI=1S/C13H10N4O2/c14-12(18)10-11(8-3-5-15-6-4-8)16-9-2-1-7-17(9)13(10)19/h3-6H,1,7H2,(H2,14,18). The molecular formula is C13H10N4O2. The molecule has 1 aliphatic rings. The maximum Gasteiger partial charge on any atom is 0.267 e. The van der Waals surface area contributed by atoms with Crippen molar-refractivity contribution in [3.63, 3.8) is 0 Å². The summed E-state index contributed by atoms with van der Waals surface area (Å²) in [5.41, 5.74) is 5.76. The number of rotatable bonds is 2. The summed E-state index contributed by atoms with van der Waals surface area (Å²) in [6, 6.07) is 3.36. The average molecular weight is 254 g/mol. The summed E-state index contributed by atoms with van der Waals surface area (Å²) in [6.07, 6.45) is 6.75. The quantitative estimate of drug-likeness (QED) is 0.830. The number of aromatic nitrogens is 3. The minimum Gasteiger partial charge on any atom is -0.365 e. The van der Waals surface area contributed by atoms with E-state index >= 15 is 0 Å². The second-order valence-electron chi connectivity index (χ2n) is 4.14. The van der Waals surface area contributed by atoms with Crippen LogP contribution in [-0.4, -0.2) is 20.4 Å². The Balaban J connectivity index is 2.33. The number of nitrogens with two attached hydrogens (primary N) is 1. The summed E-state index contributed by atoms with van der Waals surface area (Å²) in [5.74, 6) is -0.312. The van der Waals surface area contributed by atoms with Crippen LogP contribution in [0.4, 0.5) is 0 Å². The lowest BCUT2D eigenvalue weighted by molar-refractivity contribution is 0.0998. The number of hydrogen-bond acceptors (Lipinski definition) is 4. The average Bonchev–Trinajstić information content (AvgIpc) is 2.87. The Morgan fingerprint density at radius 1 is 1.37 bits per heavy atom. The lowest BCUT2D eigenvalue weighted by Crippen LogP contribution is -2.31. The van der Waals surface area contributed by atoms with Gasteiger partial charge in [-0.3, -0.25) is 19.1 Å².